The number of ether oxygens (including phenoxy) is 1. The first-order valence-corrected chi connectivity index (χ1v) is 8.13. The molecule has 25 heavy (non-hydrogen) atoms. The number of carbonyl (C=O) groups is 1. The summed E-state index contributed by atoms with van der Waals surface area (Å²) in [6, 6.07) is 6.55. The molecule has 1 heterocycles. The van der Waals surface area contributed by atoms with Crippen LogP contribution in [0.2, 0.25) is 10.3 Å². The molecule has 0 N–H and O–H groups in total. The topological polar surface area (TPSA) is 51.5 Å². The number of carbonyl (C=O) groups excluding carboxylic acids is 1. The molecule has 0 aliphatic rings. The minimum atomic E-state index is -0.815. The minimum absolute atomic E-state index is 0.00381. The first-order valence-electron chi connectivity index (χ1n) is 7.37. The lowest BCUT2D eigenvalue weighted by Crippen LogP contribution is -2.22. The van der Waals surface area contributed by atoms with Gasteiger partial charge in [-0.3, -0.25) is 9.79 Å². The summed E-state index contributed by atoms with van der Waals surface area (Å²) in [5, 5.41) is -0.350. The molecule has 0 aliphatic heterocycles. The molecule has 0 spiro atoms. The monoisotopic (exact) mass is 386 g/mol. The van der Waals surface area contributed by atoms with E-state index in [1.807, 2.05) is 0 Å². The van der Waals surface area contributed by atoms with E-state index in [0.29, 0.717) is 11.3 Å². The first-order chi connectivity index (χ1) is 11.9. The molecule has 0 amide bonds. The Balaban J connectivity index is 2.25. The van der Waals surface area contributed by atoms with Gasteiger partial charge in [-0.2, -0.15) is 0 Å². The van der Waals surface area contributed by atoms with Crippen molar-refractivity contribution in [2.24, 2.45) is 10.9 Å². The number of pyridine rings is 1. The number of benzene rings is 1. The van der Waals surface area contributed by atoms with Crippen LogP contribution in [-0.4, -0.2) is 23.8 Å². The summed E-state index contributed by atoms with van der Waals surface area (Å²) in [7, 11) is 0. The predicted octanol–water partition coefficient (Wildman–Crippen LogP) is 4.79. The number of esters is 1. The van der Waals surface area contributed by atoms with Crippen molar-refractivity contribution >= 4 is 41.1 Å². The highest BCUT2D eigenvalue weighted by atomic mass is 35.5. The second-order valence-corrected chi connectivity index (χ2v) is 5.74. The van der Waals surface area contributed by atoms with Crippen LogP contribution in [0.3, 0.4) is 0 Å². The summed E-state index contributed by atoms with van der Waals surface area (Å²) < 4.78 is 31.5. The molecule has 1 atom stereocenters. The average molecular weight is 387 g/mol. The second-order valence-electron chi connectivity index (χ2n) is 5.03. The Morgan fingerprint density at radius 1 is 1.28 bits per heavy atom. The zero-order valence-corrected chi connectivity index (χ0v) is 14.7. The van der Waals surface area contributed by atoms with Gasteiger partial charge in [0.1, 0.15) is 11.0 Å². The van der Waals surface area contributed by atoms with Crippen LogP contribution in [0.4, 0.5) is 14.5 Å². The zero-order valence-electron chi connectivity index (χ0n) is 13.2. The van der Waals surface area contributed by atoms with Gasteiger partial charge in [0.2, 0.25) is 0 Å². The van der Waals surface area contributed by atoms with Gasteiger partial charge in [0.05, 0.1) is 18.2 Å². The average Bonchev–Trinajstić information content (AvgIpc) is 2.57. The van der Waals surface area contributed by atoms with Crippen molar-refractivity contribution in [2.75, 3.05) is 6.61 Å². The van der Waals surface area contributed by atoms with E-state index in [-0.39, 0.29) is 23.3 Å². The van der Waals surface area contributed by atoms with Crippen LogP contribution < -0.4 is 0 Å². The standard InChI is InChI=1S/C17H14Cl2F2N2O2/c1-2-25-17(24)11(9-22-13-5-3-12(20)4-6-13)7-10-8-14(21)16(19)23-15(10)18/h3-6,8-9,11H,2,7H2,1H3. The molecule has 0 aliphatic carbocycles. The summed E-state index contributed by atoms with van der Waals surface area (Å²) in [5.41, 5.74) is 0.759. The van der Waals surface area contributed by atoms with Crippen LogP contribution in [0, 0.1) is 17.6 Å². The van der Waals surface area contributed by atoms with Crippen molar-refractivity contribution in [3.8, 4) is 0 Å². The van der Waals surface area contributed by atoms with E-state index in [9.17, 15) is 13.6 Å². The van der Waals surface area contributed by atoms with Gasteiger partial charge >= 0.3 is 5.97 Å². The van der Waals surface area contributed by atoms with Gasteiger partial charge in [0, 0.05) is 6.21 Å². The number of aromatic nitrogens is 1. The highest BCUT2D eigenvalue weighted by molar-refractivity contribution is 6.33. The van der Waals surface area contributed by atoms with Crippen LogP contribution in [0.5, 0.6) is 0 Å². The lowest BCUT2D eigenvalue weighted by atomic mass is 10.0. The summed E-state index contributed by atoms with van der Waals surface area (Å²) in [6.07, 6.45) is 1.39. The van der Waals surface area contributed by atoms with E-state index in [1.54, 1.807) is 6.92 Å². The Bertz CT molecular complexity index is 783. The number of rotatable bonds is 6. The van der Waals surface area contributed by atoms with Gasteiger partial charge in [0.25, 0.3) is 0 Å². The molecule has 2 rings (SSSR count). The van der Waals surface area contributed by atoms with E-state index < -0.39 is 23.5 Å². The van der Waals surface area contributed by atoms with Crippen LogP contribution >= 0.6 is 23.2 Å². The smallest absolute Gasteiger partial charge is 0.314 e. The first kappa shape index (κ1) is 19.3. The fourth-order valence-electron chi connectivity index (χ4n) is 2.01. The maximum atomic E-state index is 13.6. The zero-order chi connectivity index (χ0) is 18.4. The van der Waals surface area contributed by atoms with Gasteiger partial charge in [-0.25, -0.2) is 13.8 Å². The van der Waals surface area contributed by atoms with Crippen molar-refractivity contribution in [3.05, 3.63) is 57.8 Å². The molecule has 0 fully saturated rings. The van der Waals surface area contributed by atoms with E-state index in [4.69, 9.17) is 27.9 Å². The third kappa shape index (κ3) is 5.47. The normalized spacial score (nSPS) is 12.4. The predicted molar refractivity (Wildman–Crippen MR) is 92.6 cm³/mol. The summed E-state index contributed by atoms with van der Waals surface area (Å²) in [4.78, 5) is 19.9. The fourth-order valence-corrected chi connectivity index (χ4v) is 2.41. The molecule has 1 aromatic carbocycles. The molecular weight excluding hydrogens is 373 g/mol. The molecule has 0 saturated heterocycles. The molecule has 0 saturated carbocycles. The quantitative estimate of drug-likeness (QED) is 0.407. The Kier molecular flexibility index (Phi) is 6.84. The Hall–Kier alpha value is -2.05. The molecule has 2 aromatic rings. The van der Waals surface area contributed by atoms with Crippen LogP contribution in [0.15, 0.2) is 35.3 Å². The van der Waals surface area contributed by atoms with Crippen molar-refractivity contribution < 1.29 is 18.3 Å². The molecule has 8 heteroatoms. The number of aliphatic imine (C=N–C) groups is 1. The second kappa shape index (κ2) is 8.87. The minimum Gasteiger partial charge on any atom is -0.465 e. The third-order valence-corrected chi connectivity index (χ3v) is 3.81. The SMILES string of the molecule is CCOC(=O)C(C=Nc1ccc(F)cc1)Cc1cc(F)c(Cl)nc1Cl. The Morgan fingerprint density at radius 2 is 1.96 bits per heavy atom. The molecule has 4 nitrogen and oxygen atoms in total. The van der Waals surface area contributed by atoms with Gasteiger partial charge in [0.15, 0.2) is 11.0 Å². The van der Waals surface area contributed by atoms with Gasteiger partial charge in [-0.05, 0) is 49.2 Å². The van der Waals surface area contributed by atoms with Crippen molar-refractivity contribution in [1.82, 2.24) is 4.98 Å². The molecule has 0 bridgehead atoms. The highest BCUT2D eigenvalue weighted by Gasteiger charge is 2.21. The highest BCUT2D eigenvalue weighted by Crippen LogP contribution is 2.23. The molecule has 1 unspecified atom stereocenters. The van der Waals surface area contributed by atoms with Gasteiger partial charge in [-0.15, -0.1) is 0 Å². The van der Waals surface area contributed by atoms with Gasteiger partial charge in [-0.1, -0.05) is 23.2 Å². The van der Waals surface area contributed by atoms with Gasteiger partial charge < -0.3 is 4.74 Å². The summed E-state index contributed by atoms with van der Waals surface area (Å²) in [5.74, 6) is -2.49. The number of hydrogen-bond acceptors (Lipinski definition) is 4. The van der Waals surface area contributed by atoms with E-state index >= 15 is 0 Å². The Morgan fingerprint density at radius 3 is 2.60 bits per heavy atom. The largest absolute Gasteiger partial charge is 0.465 e. The molecule has 132 valence electrons. The number of halogens is 4. The van der Waals surface area contributed by atoms with Crippen LogP contribution in [0.1, 0.15) is 12.5 Å². The molecule has 1 aromatic heterocycles. The van der Waals surface area contributed by atoms with E-state index in [0.717, 1.165) is 6.07 Å². The van der Waals surface area contributed by atoms with Crippen molar-refractivity contribution in [3.63, 3.8) is 0 Å². The number of hydrogen-bond donors (Lipinski definition) is 0. The lowest BCUT2D eigenvalue weighted by Gasteiger charge is -2.12. The van der Waals surface area contributed by atoms with Crippen molar-refractivity contribution in [1.29, 1.82) is 0 Å². The molecular formula is C17H14Cl2F2N2O2. The van der Waals surface area contributed by atoms with Crippen molar-refractivity contribution in [2.45, 2.75) is 13.3 Å². The molecule has 0 radical (unpaired) electrons. The Labute approximate surface area is 153 Å². The van der Waals surface area contributed by atoms with Crippen LogP contribution in [0.25, 0.3) is 0 Å². The van der Waals surface area contributed by atoms with Crippen LogP contribution in [-0.2, 0) is 16.0 Å². The van der Waals surface area contributed by atoms with E-state index in [2.05, 4.69) is 9.98 Å². The summed E-state index contributed by atoms with van der Waals surface area (Å²) >= 11 is 11.5. The maximum Gasteiger partial charge on any atom is 0.314 e. The lowest BCUT2D eigenvalue weighted by molar-refractivity contribution is -0.145. The fraction of sp³-hybridized carbons (Fsp3) is 0.235. The number of nitrogens with zero attached hydrogens (tertiary/aromatic N) is 2. The third-order valence-electron chi connectivity index (χ3n) is 3.22. The summed E-state index contributed by atoms with van der Waals surface area (Å²) in [6.45, 7) is 1.85. The maximum absolute atomic E-state index is 13.6. The van der Waals surface area contributed by atoms with E-state index in [1.165, 1.54) is 30.5 Å².